The quantitative estimate of drug-likeness (QED) is 0.933. The fourth-order valence-corrected chi connectivity index (χ4v) is 4.22. The largest absolute Gasteiger partial charge is 0.356 e. The molecule has 132 valence electrons. The standard InChI is InChI=1S/C20H27N5/c1-2-17-14-18(24-19(23-17)16-4-9-21-10-5-16)25-13-3-6-20(15-25)7-11-22-12-8-20/h4-5,9-10,14,22H,2-3,6-8,11-13,15H2,1H3. The van der Waals surface area contributed by atoms with Gasteiger partial charge in [0, 0.05) is 42.8 Å². The summed E-state index contributed by atoms with van der Waals surface area (Å²) in [7, 11) is 0. The lowest BCUT2D eigenvalue weighted by atomic mass is 9.73. The molecule has 5 nitrogen and oxygen atoms in total. The molecule has 0 atom stereocenters. The molecular weight excluding hydrogens is 310 g/mol. The maximum Gasteiger partial charge on any atom is 0.161 e. The van der Waals surface area contributed by atoms with Crippen LogP contribution in [-0.2, 0) is 6.42 Å². The molecule has 25 heavy (non-hydrogen) atoms. The Bertz CT molecular complexity index is 704. The summed E-state index contributed by atoms with van der Waals surface area (Å²) in [5, 5.41) is 3.51. The minimum Gasteiger partial charge on any atom is -0.356 e. The molecule has 0 aromatic carbocycles. The Morgan fingerprint density at radius 3 is 2.68 bits per heavy atom. The van der Waals surface area contributed by atoms with Crippen LogP contribution < -0.4 is 10.2 Å². The van der Waals surface area contributed by atoms with Gasteiger partial charge in [0.1, 0.15) is 5.82 Å². The van der Waals surface area contributed by atoms with Crippen molar-refractivity contribution in [2.24, 2.45) is 5.41 Å². The first-order valence-electron chi connectivity index (χ1n) is 9.52. The van der Waals surface area contributed by atoms with Gasteiger partial charge in [0.15, 0.2) is 5.82 Å². The predicted octanol–water partition coefficient (Wildman–Crippen LogP) is 3.07. The Balaban J connectivity index is 1.65. The highest BCUT2D eigenvalue weighted by Crippen LogP contribution is 2.39. The van der Waals surface area contributed by atoms with Gasteiger partial charge in [0.05, 0.1) is 0 Å². The molecule has 4 rings (SSSR count). The van der Waals surface area contributed by atoms with Gasteiger partial charge in [-0.25, -0.2) is 9.97 Å². The fourth-order valence-electron chi connectivity index (χ4n) is 4.22. The lowest BCUT2D eigenvalue weighted by Crippen LogP contribution is -2.48. The van der Waals surface area contributed by atoms with Crippen LogP contribution in [0.2, 0.25) is 0 Å². The molecule has 0 radical (unpaired) electrons. The van der Waals surface area contributed by atoms with Crippen LogP contribution in [0.4, 0.5) is 5.82 Å². The molecule has 0 amide bonds. The second kappa shape index (κ2) is 7.08. The summed E-state index contributed by atoms with van der Waals surface area (Å²) >= 11 is 0. The van der Waals surface area contributed by atoms with Crippen LogP contribution >= 0.6 is 0 Å². The van der Waals surface area contributed by atoms with E-state index < -0.39 is 0 Å². The van der Waals surface area contributed by atoms with Crippen molar-refractivity contribution in [1.82, 2.24) is 20.3 Å². The lowest BCUT2D eigenvalue weighted by Gasteiger charge is -2.46. The molecular formula is C20H27N5. The molecule has 0 unspecified atom stereocenters. The number of aromatic nitrogens is 3. The fraction of sp³-hybridized carbons (Fsp3) is 0.550. The zero-order chi connectivity index (χ0) is 17.1. The molecule has 0 aliphatic carbocycles. The smallest absolute Gasteiger partial charge is 0.161 e. The van der Waals surface area contributed by atoms with Crippen molar-refractivity contribution in [2.75, 3.05) is 31.1 Å². The highest BCUT2D eigenvalue weighted by Gasteiger charge is 2.37. The summed E-state index contributed by atoms with van der Waals surface area (Å²) in [6.07, 6.45) is 9.73. The minimum absolute atomic E-state index is 0.470. The molecule has 2 fully saturated rings. The number of hydrogen-bond acceptors (Lipinski definition) is 5. The summed E-state index contributed by atoms with van der Waals surface area (Å²) in [6.45, 7) is 6.70. The zero-order valence-electron chi connectivity index (χ0n) is 15.0. The molecule has 0 saturated carbocycles. The Hall–Kier alpha value is -2.01. The topological polar surface area (TPSA) is 53.9 Å². The van der Waals surface area contributed by atoms with Gasteiger partial charge >= 0.3 is 0 Å². The van der Waals surface area contributed by atoms with Crippen LogP contribution in [0.15, 0.2) is 30.6 Å². The molecule has 2 aliphatic heterocycles. The number of aryl methyl sites for hydroxylation is 1. The maximum absolute atomic E-state index is 4.92. The van der Waals surface area contributed by atoms with Gasteiger partial charge in [-0.2, -0.15) is 0 Å². The third-order valence-corrected chi connectivity index (χ3v) is 5.72. The van der Waals surface area contributed by atoms with Crippen LogP contribution in [0.3, 0.4) is 0 Å². The third-order valence-electron chi connectivity index (χ3n) is 5.72. The molecule has 4 heterocycles. The van der Waals surface area contributed by atoms with Crippen molar-refractivity contribution in [3.8, 4) is 11.4 Å². The van der Waals surface area contributed by atoms with Crippen LogP contribution in [0.1, 0.15) is 38.3 Å². The van der Waals surface area contributed by atoms with E-state index in [4.69, 9.17) is 9.97 Å². The average molecular weight is 337 g/mol. The van der Waals surface area contributed by atoms with E-state index in [-0.39, 0.29) is 0 Å². The van der Waals surface area contributed by atoms with Gasteiger partial charge in [-0.1, -0.05) is 6.92 Å². The van der Waals surface area contributed by atoms with Gasteiger partial charge in [0.25, 0.3) is 0 Å². The first-order valence-corrected chi connectivity index (χ1v) is 9.52. The summed E-state index contributed by atoms with van der Waals surface area (Å²) < 4.78 is 0. The lowest BCUT2D eigenvalue weighted by molar-refractivity contribution is 0.166. The number of rotatable bonds is 3. The second-order valence-corrected chi connectivity index (χ2v) is 7.41. The van der Waals surface area contributed by atoms with E-state index in [2.05, 4.69) is 28.2 Å². The van der Waals surface area contributed by atoms with Gasteiger partial charge in [-0.05, 0) is 62.7 Å². The van der Waals surface area contributed by atoms with Gasteiger partial charge < -0.3 is 10.2 Å². The normalized spacial score (nSPS) is 20.0. The molecule has 5 heteroatoms. The molecule has 1 N–H and O–H groups in total. The maximum atomic E-state index is 4.92. The van der Waals surface area contributed by atoms with E-state index in [1.807, 2.05) is 24.5 Å². The van der Waals surface area contributed by atoms with E-state index in [1.54, 1.807) is 0 Å². The summed E-state index contributed by atoms with van der Waals surface area (Å²) in [5.41, 5.74) is 2.62. The van der Waals surface area contributed by atoms with Crippen molar-refractivity contribution in [3.05, 3.63) is 36.3 Å². The Morgan fingerprint density at radius 1 is 1.12 bits per heavy atom. The minimum atomic E-state index is 0.470. The van der Waals surface area contributed by atoms with Crippen molar-refractivity contribution in [2.45, 2.75) is 39.0 Å². The van der Waals surface area contributed by atoms with Crippen LogP contribution in [0.5, 0.6) is 0 Å². The molecule has 2 aliphatic rings. The summed E-state index contributed by atoms with van der Waals surface area (Å²) in [5.74, 6) is 1.91. The number of nitrogens with one attached hydrogen (secondary N) is 1. The predicted molar refractivity (Wildman–Crippen MR) is 101 cm³/mol. The number of nitrogens with zero attached hydrogens (tertiary/aromatic N) is 4. The van der Waals surface area contributed by atoms with E-state index >= 15 is 0 Å². The van der Waals surface area contributed by atoms with Crippen LogP contribution in [0.25, 0.3) is 11.4 Å². The van der Waals surface area contributed by atoms with Gasteiger partial charge in [-0.15, -0.1) is 0 Å². The van der Waals surface area contributed by atoms with Crippen molar-refractivity contribution < 1.29 is 0 Å². The molecule has 1 spiro atoms. The SMILES string of the molecule is CCc1cc(N2CCCC3(CCNCC3)C2)nc(-c2ccncc2)n1. The average Bonchev–Trinajstić information content (AvgIpc) is 2.69. The van der Waals surface area contributed by atoms with Crippen molar-refractivity contribution >= 4 is 5.82 Å². The van der Waals surface area contributed by atoms with E-state index in [9.17, 15) is 0 Å². The number of hydrogen-bond donors (Lipinski definition) is 1. The number of anilines is 1. The first kappa shape index (κ1) is 16.5. The Labute approximate surface area is 149 Å². The number of piperidine rings is 2. The molecule has 2 aromatic rings. The highest BCUT2D eigenvalue weighted by atomic mass is 15.2. The second-order valence-electron chi connectivity index (χ2n) is 7.41. The first-order chi connectivity index (χ1) is 12.3. The Kier molecular flexibility index (Phi) is 4.66. The van der Waals surface area contributed by atoms with Crippen molar-refractivity contribution in [1.29, 1.82) is 0 Å². The Morgan fingerprint density at radius 2 is 1.92 bits per heavy atom. The molecule has 2 aromatic heterocycles. The molecule has 2 saturated heterocycles. The highest BCUT2D eigenvalue weighted by molar-refractivity contribution is 5.57. The number of pyridine rings is 1. The van der Waals surface area contributed by atoms with Gasteiger partial charge in [0.2, 0.25) is 0 Å². The van der Waals surface area contributed by atoms with Crippen LogP contribution in [-0.4, -0.2) is 41.1 Å². The van der Waals surface area contributed by atoms with E-state index in [0.717, 1.165) is 55.5 Å². The van der Waals surface area contributed by atoms with Gasteiger partial charge in [-0.3, -0.25) is 4.98 Å². The third kappa shape index (κ3) is 3.52. The van der Waals surface area contributed by atoms with Crippen LogP contribution in [0, 0.1) is 5.41 Å². The summed E-state index contributed by atoms with van der Waals surface area (Å²) in [6, 6.07) is 6.16. The zero-order valence-corrected chi connectivity index (χ0v) is 15.0. The van der Waals surface area contributed by atoms with Crippen molar-refractivity contribution in [3.63, 3.8) is 0 Å². The summed E-state index contributed by atoms with van der Waals surface area (Å²) in [4.78, 5) is 16.3. The van der Waals surface area contributed by atoms with E-state index in [1.165, 1.54) is 25.7 Å². The van der Waals surface area contributed by atoms with E-state index in [0.29, 0.717) is 5.41 Å². The molecule has 0 bridgehead atoms. The monoisotopic (exact) mass is 337 g/mol.